The molecule has 0 atom stereocenters. The van der Waals surface area contributed by atoms with Crippen LogP contribution in [0, 0.1) is 13.8 Å². The van der Waals surface area contributed by atoms with Gasteiger partial charge in [0.25, 0.3) is 0 Å². The third-order valence-electron chi connectivity index (χ3n) is 6.97. The van der Waals surface area contributed by atoms with Crippen molar-refractivity contribution in [1.82, 2.24) is 29.2 Å². The molecule has 0 saturated heterocycles. The van der Waals surface area contributed by atoms with Crippen molar-refractivity contribution in [2.45, 2.75) is 34.1 Å². The summed E-state index contributed by atoms with van der Waals surface area (Å²) >= 11 is 5.17. The Kier molecular flexibility index (Phi) is 10.3. The van der Waals surface area contributed by atoms with Crippen LogP contribution in [-0.4, -0.2) is 46.5 Å². The number of nitrogens with zero attached hydrogens (tertiary/aromatic N) is 6. The summed E-state index contributed by atoms with van der Waals surface area (Å²) in [4.78, 5) is 42.2. The Labute approximate surface area is 265 Å². The van der Waals surface area contributed by atoms with Crippen molar-refractivity contribution in [3.05, 3.63) is 125 Å². The van der Waals surface area contributed by atoms with Crippen molar-refractivity contribution in [2.75, 3.05) is 5.73 Å². The van der Waals surface area contributed by atoms with Crippen LogP contribution in [0.5, 0.6) is 0 Å². The molecule has 4 heterocycles. The summed E-state index contributed by atoms with van der Waals surface area (Å²) in [7, 11) is 0. The van der Waals surface area contributed by atoms with Gasteiger partial charge in [-0.1, -0.05) is 68.1 Å². The molecule has 7 rings (SSSR count). The Bertz CT molecular complexity index is 2020. The molecular formula is C34H32ClN7O3. The topological polar surface area (TPSA) is 138 Å². The number of rotatable bonds is 4. The number of hydrogen-bond acceptors (Lipinski definition) is 8. The predicted octanol–water partition coefficient (Wildman–Crippen LogP) is 5.77. The fourth-order valence-corrected chi connectivity index (χ4v) is 4.99. The van der Waals surface area contributed by atoms with E-state index < -0.39 is 0 Å². The monoisotopic (exact) mass is 621 g/mol. The number of nitrogens with two attached hydrogens (primary N) is 1. The summed E-state index contributed by atoms with van der Waals surface area (Å²) < 4.78 is 3.20. The van der Waals surface area contributed by atoms with Gasteiger partial charge in [-0.2, -0.15) is 14.7 Å². The first-order valence-corrected chi connectivity index (χ1v) is 14.1. The molecule has 10 nitrogen and oxygen atoms in total. The number of hydrogen-bond donors (Lipinski definition) is 1. The first kappa shape index (κ1) is 32.4. The first-order valence-electron chi connectivity index (χ1n) is 13.7. The molecule has 4 aromatic heterocycles. The van der Waals surface area contributed by atoms with Gasteiger partial charge < -0.3 is 5.73 Å². The van der Waals surface area contributed by atoms with E-state index in [1.54, 1.807) is 29.9 Å². The Morgan fingerprint density at radius 2 is 1.47 bits per heavy atom. The zero-order valence-corrected chi connectivity index (χ0v) is 24.8. The van der Waals surface area contributed by atoms with Crippen molar-refractivity contribution < 1.29 is 14.4 Å². The number of benzene rings is 2. The number of anilines is 1. The molecule has 2 N–H and O–H groups in total. The van der Waals surface area contributed by atoms with Crippen LogP contribution < -0.4 is 5.73 Å². The number of carbonyl (C=O) groups excluding carboxylic acids is 3. The van der Waals surface area contributed by atoms with E-state index in [1.165, 1.54) is 4.52 Å². The van der Waals surface area contributed by atoms with E-state index in [2.05, 4.69) is 20.2 Å². The molecule has 0 radical (unpaired) electrons. The van der Waals surface area contributed by atoms with E-state index in [1.807, 2.05) is 79.7 Å². The third kappa shape index (κ3) is 7.19. The van der Waals surface area contributed by atoms with Gasteiger partial charge >= 0.3 is 0 Å². The summed E-state index contributed by atoms with van der Waals surface area (Å²) in [5.41, 5.74) is 13.7. The quantitative estimate of drug-likeness (QED) is 0.193. The number of nitrogen functional groups attached to an aromatic ring is 1. The van der Waals surface area contributed by atoms with Gasteiger partial charge in [-0.25, -0.2) is 14.5 Å². The Balaban J connectivity index is 0.000000165. The average Bonchev–Trinajstić information content (AvgIpc) is 3.69. The highest BCUT2D eigenvalue weighted by Gasteiger charge is 2.24. The second-order valence-electron chi connectivity index (χ2n) is 9.92. The van der Waals surface area contributed by atoms with Gasteiger partial charge in [-0.15, -0.1) is 0 Å². The Morgan fingerprint density at radius 3 is 2.09 bits per heavy atom. The largest absolute Gasteiger partial charge is 0.383 e. The molecule has 1 aliphatic carbocycles. The van der Waals surface area contributed by atoms with Crippen LogP contribution in [0.1, 0.15) is 51.6 Å². The molecule has 6 aromatic rings. The lowest BCUT2D eigenvalue weighted by molar-refractivity contribution is -0.113. The summed E-state index contributed by atoms with van der Waals surface area (Å²) in [6, 6.07) is 22.8. The fraction of sp³-hybridized carbons (Fsp3) is 0.147. The van der Waals surface area contributed by atoms with Gasteiger partial charge in [0.1, 0.15) is 5.82 Å². The number of halogens is 1. The maximum absolute atomic E-state index is 12.5. The minimum absolute atomic E-state index is 0. The lowest BCUT2D eigenvalue weighted by atomic mass is 9.90. The van der Waals surface area contributed by atoms with Gasteiger partial charge in [-0.05, 0) is 42.7 Å². The number of fused-ring (bicyclic) bond motifs is 4. The lowest BCUT2D eigenvalue weighted by Crippen LogP contribution is -2.17. The zero-order chi connectivity index (χ0) is 31.2. The van der Waals surface area contributed by atoms with Gasteiger partial charge in [0, 0.05) is 35.4 Å². The molecule has 0 fully saturated rings. The van der Waals surface area contributed by atoms with Gasteiger partial charge in [0.15, 0.2) is 23.4 Å². The third-order valence-corrected chi connectivity index (χ3v) is 7.10. The van der Waals surface area contributed by atoms with Crippen LogP contribution >= 0.6 is 11.6 Å². The summed E-state index contributed by atoms with van der Waals surface area (Å²) in [6.07, 6.45) is 6.62. The molecule has 11 heteroatoms. The molecular weight excluding hydrogens is 590 g/mol. The minimum Gasteiger partial charge on any atom is -0.383 e. The number of allylic oxidation sites excluding steroid dienone is 1. The second kappa shape index (κ2) is 14.3. The first-order chi connectivity index (χ1) is 21.3. The molecule has 0 saturated carbocycles. The van der Waals surface area contributed by atoms with E-state index in [-0.39, 0.29) is 18.5 Å². The number of aromatic nitrogens is 6. The molecule has 0 bridgehead atoms. The van der Waals surface area contributed by atoms with Crippen LogP contribution in [-0.2, 0) is 22.4 Å². The van der Waals surface area contributed by atoms with Crippen LogP contribution in [0.4, 0.5) is 5.82 Å². The average molecular weight is 622 g/mol. The Morgan fingerprint density at radius 1 is 0.889 bits per heavy atom. The van der Waals surface area contributed by atoms with Crippen LogP contribution in [0.15, 0.2) is 85.2 Å². The smallest absolute Gasteiger partial charge is 0.226 e. The van der Waals surface area contributed by atoms with Gasteiger partial charge in [-0.3, -0.25) is 14.4 Å². The van der Waals surface area contributed by atoms with Crippen molar-refractivity contribution in [2.24, 2.45) is 0 Å². The second-order valence-corrected chi connectivity index (χ2v) is 10.3. The fourth-order valence-electron chi connectivity index (χ4n) is 4.84. The number of Topliss-reactive ketones (excluding diaryl/α,β-unsaturated/α-hetero) is 1. The molecule has 45 heavy (non-hydrogen) atoms. The molecule has 0 spiro atoms. The normalized spacial score (nSPS) is 11.7. The minimum atomic E-state index is -0.314. The van der Waals surface area contributed by atoms with Crippen LogP contribution in [0.3, 0.4) is 0 Å². The van der Waals surface area contributed by atoms with E-state index in [0.717, 1.165) is 39.3 Å². The number of aryl methyl sites for hydroxylation is 2. The predicted molar refractivity (Wildman–Crippen MR) is 176 cm³/mol. The highest BCUT2D eigenvalue weighted by Crippen LogP contribution is 2.29. The molecule has 1 aliphatic rings. The van der Waals surface area contributed by atoms with Gasteiger partial charge in [0.2, 0.25) is 5.24 Å². The maximum atomic E-state index is 12.5. The van der Waals surface area contributed by atoms with E-state index in [0.29, 0.717) is 41.9 Å². The van der Waals surface area contributed by atoms with Crippen molar-refractivity contribution >= 4 is 57.7 Å². The molecule has 0 amide bonds. The SMILES string of the molecule is C.Cc1nc2ccnn2c(N)c1C=O.Cc1nc2ccnn2c2c1C=C(c1ccccc1)C(=O)C2.O=C(Cl)Cc1ccccc1. The lowest BCUT2D eigenvalue weighted by Gasteiger charge is -2.18. The molecule has 228 valence electrons. The van der Waals surface area contributed by atoms with Gasteiger partial charge in [0.05, 0.1) is 35.8 Å². The van der Waals surface area contributed by atoms with Crippen molar-refractivity contribution in [3.8, 4) is 0 Å². The molecule has 2 aromatic carbocycles. The zero-order valence-electron chi connectivity index (χ0n) is 24.0. The Hall–Kier alpha value is -5.48. The summed E-state index contributed by atoms with van der Waals surface area (Å²) in [5.74, 6) is 0.457. The van der Waals surface area contributed by atoms with E-state index in [9.17, 15) is 14.4 Å². The van der Waals surface area contributed by atoms with Crippen LogP contribution in [0.25, 0.3) is 22.9 Å². The van der Waals surface area contributed by atoms with Crippen molar-refractivity contribution in [1.29, 1.82) is 0 Å². The number of carbonyl (C=O) groups is 3. The standard InChI is InChI=1S/C17H13N3O.C8H7ClO.C8H8N4O.CH4/c1-11-13-9-14(12-5-3-2-4-6-12)16(21)10-15(13)20-17(19-11)7-8-18-20;9-8(10)6-7-4-2-1-3-5-7;1-5-6(4-13)8(9)12-7(11-5)2-3-10-12;/h2-9H,10H2,1H3;1-5H,6H2;2-4H,9H2,1H3;1H4. The number of aldehydes is 1. The van der Waals surface area contributed by atoms with E-state index >= 15 is 0 Å². The highest BCUT2D eigenvalue weighted by molar-refractivity contribution is 6.63. The summed E-state index contributed by atoms with van der Waals surface area (Å²) in [6.45, 7) is 3.72. The highest BCUT2D eigenvalue weighted by atomic mass is 35.5. The van der Waals surface area contributed by atoms with Crippen LogP contribution in [0.2, 0.25) is 0 Å². The summed E-state index contributed by atoms with van der Waals surface area (Å²) in [5, 5.41) is 7.90. The maximum Gasteiger partial charge on any atom is 0.226 e. The van der Waals surface area contributed by atoms with E-state index in [4.69, 9.17) is 17.3 Å². The number of ketones is 1. The van der Waals surface area contributed by atoms with Crippen molar-refractivity contribution in [3.63, 3.8) is 0 Å². The molecule has 0 unspecified atom stereocenters. The molecule has 0 aliphatic heterocycles.